The Morgan fingerprint density at radius 2 is 1.75 bits per heavy atom. The lowest BCUT2D eigenvalue weighted by Gasteiger charge is -2.09. The minimum absolute atomic E-state index is 0.0814. The summed E-state index contributed by atoms with van der Waals surface area (Å²) >= 11 is 0. The average molecular weight is 247 g/mol. The van der Waals surface area contributed by atoms with E-state index in [0.29, 0.717) is 0 Å². The lowest BCUT2D eigenvalue weighted by Crippen LogP contribution is -2.09. The molecule has 0 spiro atoms. The molecule has 0 bridgehead atoms. The molecule has 0 atom stereocenters. The van der Waals surface area contributed by atoms with Crippen LogP contribution >= 0.6 is 0 Å². The number of isocyanates is 1. The van der Waals surface area contributed by atoms with Gasteiger partial charge in [-0.2, -0.15) is 8.78 Å². The second-order valence-electron chi connectivity index (χ2n) is 3.04. The highest BCUT2D eigenvalue weighted by Gasteiger charge is 2.30. The highest BCUT2D eigenvalue weighted by atomic mass is 32.2. The Morgan fingerprint density at radius 3 is 2.12 bits per heavy atom. The maximum absolute atomic E-state index is 13.0. The molecule has 0 heterocycles. The lowest BCUT2D eigenvalue weighted by molar-refractivity contribution is 0.00611. The van der Waals surface area contributed by atoms with Gasteiger partial charge in [-0.05, 0) is 24.3 Å². The number of carbonyl (C=O) groups excluding carboxylic acids is 1. The Kier molecular flexibility index (Phi) is 3.21. The predicted molar refractivity (Wildman–Crippen MR) is 51.6 cm³/mol. The molecule has 1 aromatic carbocycles. The summed E-state index contributed by atoms with van der Waals surface area (Å²) in [7, 11) is -3.43. The lowest BCUT2D eigenvalue weighted by atomic mass is 10.2. The van der Waals surface area contributed by atoms with Gasteiger partial charge in [-0.15, -0.1) is 4.99 Å². The van der Waals surface area contributed by atoms with Crippen LogP contribution in [0.2, 0.25) is 0 Å². The van der Waals surface area contributed by atoms with Crippen molar-refractivity contribution >= 4 is 15.9 Å². The molecule has 0 radical (unpaired) electrons. The van der Waals surface area contributed by atoms with E-state index >= 15 is 0 Å². The van der Waals surface area contributed by atoms with Gasteiger partial charge in [-0.25, -0.2) is 13.2 Å². The van der Waals surface area contributed by atoms with Gasteiger partial charge in [-0.1, -0.05) is 0 Å². The van der Waals surface area contributed by atoms with E-state index in [1.54, 1.807) is 0 Å². The molecule has 0 N–H and O–H groups in total. The zero-order chi connectivity index (χ0) is 12.4. The summed E-state index contributed by atoms with van der Waals surface area (Å²) in [4.78, 5) is 12.0. The summed E-state index contributed by atoms with van der Waals surface area (Å²) in [5, 5.41) is 0. The molecular weight excluding hydrogens is 240 g/mol. The van der Waals surface area contributed by atoms with Crippen molar-refractivity contribution in [3.8, 4) is 0 Å². The molecule has 0 aromatic heterocycles. The van der Waals surface area contributed by atoms with E-state index in [1.165, 1.54) is 0 Å². The third kappa shape index (κ3) is 2.71. The zero-order valence-corrected chi connectivity index (χ0v) is 8.96. The highest BCUT2D eigenvalue weighted by molar-refractivity contribution is 7.90. The number of sulfone groups is 1. The van der Waals surface area contributed by atoms with Crippen LogP contribution in [0.25, 0.3) is 0 Å². The van der Waals surface area contributed by atoms with E-state index in [-0.39, 0.29) is 4.90 Å². The number of aliphatic imine (C=N–C) groups is 1. The average Bonchev–Trinajstić information content (AvgIpc) is 2.16. The number of halogens is 2. The molecule has 0 aliphatic heterocycles. The molecule has 7 heteroatoms. The Morgan fingerprint density at radius 1 is 1.25 bits per heavy atom. The third-order valence-corrected chi connectivity index (χ3v) is 2.94. The number of hydrogen-bond donors (Lipinski definition) is 0. The van der Waals surface area contributed by atoms with Crippen molar-refractivity contribution in [2.75, 3.05) is 6.26 Å². The summed E-state index contributed by atoms with van der Waals surface area (Å²) in [6, 6.07) is 0.171. The normalized spacial score (nSPS) is 11.9. The van der Waals surface area contributed by atoms with Gasteiger partial charge in [0.15, 0.2) is 9.84 Å². The van der Waals surface area contributed by atoms with Crippen LogP contribution in [0.4, 0.5) is 8.78 Å². The summed E-state index contributed by atoms with van der Waals surface area (Å²) in [6.45, 7) is 0. The van der Waals surface area contributed by atoms with Crippen molar-refractivity contribution in [1.29, 1.82) is 0 Å². The minimum atomic E-state index is -3.68. The first-order valence-corrected chi connectivity index (χ1v) is 5.94. The molecule has 4 nitrogen and oxygen atoms in total. The van der Waals surface area contributed by atoms with Crippen molar-refractivity contribution in [3.05, 3.63) is 29.8 Å². The molecule has 0 saturated heterocycles. The first-order chi connectivity index (χ1) is 7.27. The Hall–Kier alpha value is -1.59. The van der Waals surface area contributed by atoms with E-state index in [9.17, 15) is 22.0 Å². The van der Waals surface area contributed by atoms with Gasteiger partial charge >= 0.3 is 6.05 Å². The molecule has 1 aromatic rings. The standard InChI is InChI=1S/C9H7F2NO3S/c1-16(14,15)8-4-2-7(3-5-8)9(10,11)12-6-13/h2-5H,1H3. The monoisotopic (exact) mass is 247 g/mol. The van der Waals surface area contributed by atoms with Crippen LogP contribution in [0.15, 0.2) is 34.2 Å². The fourth-order valence-corrected chi connectivity index (χ4v) is 1.65. The van der Waals surface area contributed by atoms with Gasteiger partial charge in [0.05, 0.1) is 4.90 Å². The first kappa shape index (κ1) is 12.5. The maximum Gasteiger partial charge on any atom is 0.379 e. The van der Waals surface area contributed by atoms with E-state index < -0.39 is 21.4 Å². The van der Waals surface area contributed by atoms with Crippen LogP contribution in [0, 0.1) is 0 Å². The van der Waals surface area contributed by atoms with Crippen molar-refractivity contribution in [2.45, 2.75) is 10.9 Å². The molecule has 0 aliphatic rings. The molecule has 86 valence electrons. The van der Waals surface area contributed by atoms with Gasteiger partial charge in [0, 0.05) is 11.8 Å². The number of nitrogens with zero attached hydrogens (tertiary/aromatic N) is 1. The first-order valence-electron chi connectivity index (χ1n) is 4.05. The van der Waals surface area contributed by atoms with Gasteiger partial charge < -0.3 is 0 Å². The van der Waals surface area contributed by atoms with Crippen LogP contribution in [0.3, 0.4) is 0 Å². The fourth-order valence-electron chi connectivity index (χ4n) is 1.02. The maximum atomic E-state index is 13.0. The molecular formula is C9H7F2NO3S. The van der Waals surface area contributed by atoms with Crippen LogP contribution in [-0.4, -0.2) is 20.8 Å². The van der Waals surface area contributed by atoms with Gasteiger partial charge in [0.1, 0.15) is 0 Å². The second-order valence-corrected chi connectivity index (χ2v) is 5.06. The number of rotatable bonds is 3. The summed E-state index contributed by atoms with van der Waals surface area (Å²) in [5.41, 5.74) is -0.566. The molecule has 0 amide bonds. The second kappa shape index (κ2) is 4.11. The Labute approximate surface area is 90.5 Å². The van der Waals surface area contributed by atoms with Gasteiger partial charge in [-0.3, -0.25) is 0 Å². The SMILES string of the molecule is CS(=O)(=O)c1ccc(C(F)(F)N=C=O)cc1. The van der Waals surface area contributed by atoms with Crippen LogP contribution < -0.4 is 0 Å². The largest absolute Gasteiger partial charge is 0.379 e. The van der Waals surface area contributed by atoms with Crippen LogP contribution in [0.1, 0.15) is 5.56 Å². The molecule has 1 rings (SSSR count). The van der Waals surface area contributed by atoms with E-state index in [2.05, 4.69) is 4.99 Å². The van der Waals surface area contributed by atoms with Crippen molar-refractivity contribution in [1.82, 2.24) is 0 Å². The van der Waals surface area contributed by atoms with Gasteiger partial charge in [0.25, 0.3) is 0 Å². The fraction of sp³-hybridized carbons (Fsp3) is 0.222. The van der Waals surface area contributed by atoms with E-state index in [4.69, 9.17) is 0 Å². The third-order valence-electron chi connectivity index (χ3n) is 1.82. The van der Waals surface area contributed by atoms with E-state index in [0.717, 1.165) is 36.6 Å². The van der Waals surface area contributed by atoms with Crippen molar-refractivity contribution in [3.63, 3.8) is 0 Å². The quantitative estimate of drug-likeness (QED) is 0.461. The number of benzene rings is 1. The van der Waals surface area contributed by atoms with Crippen LogP contribution in [-0.2, 0) is 20.7 Å². The number of alkyl halides is 2. The topological polar surface area (TPSA) is 63.6 Å². The Balaban J connectivity index is 3.19. The molecule has 0 aliphatic carbocycles. The number of hydrogen-bond acceptors (Lipinski definition) is 4. The molecule has 0 saturated carbocycles. The highest BCUT2D eigenvalue weighted by Crippen LogP contribution is 2.29. The smallest absolute Gasteiger partial charge is 0.224 e. The predicted octanol–water partition coefficient (Wildman–Crippen LogP) is 1.48. The van der Waals surface area contributed by atoms with Gasteiger partial charge in [0.2, 0.25) is 6.08 Å². The van der Waals surface area contributed by atoms with Crippen molar-refractivity contribution < 1.29 is 22.0 Å². The zero-order valence-electron chi connectivity index (χ0n) is 8.15. The molecule has 16 heavy (non-hydrogen) atoms. The summed E-state index contributed by atoms with van der Waals surface area (Å²) < 4.78 is 48.1. The summed E-state index contributed by atoms with van der Waals surface area (Å²) in [5.74, 6) is 0. The molecule has 0 unspecified atom stereocenters. The Bertz CT molecular complexity index is 530. The minimum Gasteiger partial charge on any atom is -0.224 e. The molecule has 0 fully saturated rings. The van der Waals surface area contributed by atoms with E-state index in [1.807, 2.05) is 0 Å². The van der Waals surface area contributed by atoms with Crippen molar-refractivity contribution in [2.24, 2.45) is 4.99 Å². The summed E-state index contributed by atoms with van der Waals surface area (Å²) in [6.07, 6.45) is 1.72. The van der Waals surface area contributed by atoms with Crippen LogP contribution in [0.5, 0.6) is 0 Å².